The molecule has 1 aliphatic rings. The van der Waals surface area contributed by atoms with Crippen molar-refractivity contribution >= 4 is 22.6 Å². The fourth-order valence-electron chi connectivity index (χ4n) is 2.67. The van der Waals surface area contributed by atoms with Crippen molar-refractivity contribution in [3.63, 3.8) is 0 Å². The van der Waals surface area contributed by atoms with Crippen molar-refractivity contribution in [2.75, 3.05) is 31.1 Å². The van der Waals surface area contributed by atoms with E-state index >= 15 is 0 Å². The van der Waals surface area contributed by atoms with Crippen LogP contribution in [0.3, 0.4) is 0 Å². The maximum Gasteiger partial charge on any atom is 0.308 e. The molecule has 0 saturated carbocycles. The Morgan fingerprint density at radius 2 is 2.05 bits per heavy atom. The summed E-state index contributed by atoms with van der Waals surface area (Å²) in [5.41, 5.74) is 1.89. The third-order valence-electron chi connectivity index (χ3n) is 3.77. The molecule has 0 bridgehead atoms. The Morgan fingerprint density at radius 1 is 1.29 bits per heavy atom. The molecule has 0 aliphatic carbocycles. The Bertz CT molecular complexity index is 733. The number of hydrogen-bond donors (Lipinski definition) is 3. The molecule has 0 unspecified atom stereocenters. The van der Waals surface area contributed by atoms with Gasteiger partial charge < -0.3 is 20.3 Å². The first-order chi connectivity index (χ1) is 10.1. The smallest absolute Gasteiger partial charge is 0.308 e. The molecule has 0 spiro atoms. The number of benzene rings is 1. The third-order valence-corrected chi connectivity index (χ3v) is 3.77. The highest BCUT2D eigenvalue weighted by Crippen LogP contribution is 2.19. The highest BCUT2D eigenvalue weighted by atomic mass is 16.4. The van der Waals surface area contributed by atoms with Gasteiger partial charge in [-0.2, -0.15) is 0 Å². The van der Waals surface area contributed by atoms with Gasteiger partial charge in [0.1, 0.15) is 0 Å². The highest BCUT2D eigenvalue weighted by molar-refractivity contribution is 5.83. The summed E-state index contributed by atoms with van der Waals surface area (Å²) in [7, 11) is 0. The number of hydrogen-bond acceptors (Lipinski definition) is 4. The van der Waals surface area contributed by atoms with Gasteiger partial charge in [0.05, 0.1) is 11.9 Å². The largest absolute Gasteiger partial charge is 0.481 e. The van der Waals surface area contributed by atoms with Crippen LogP contribution in [-0.2, 0) is 11.2 Å². The lowest BCUT2D eigenvalue weighted by Crippen LogP contribution is -2.43. The van der Waals surface area contributed by atoms with E-state index in [2.05, 4.69) is 15.2 Å². The van der Waals surface area contributed by atoms with Gasteiger partial charge in [-0.1, -0.05) is 0 Å². The van der Waals surface area contributed by atoms with Crippen molar-refractivity contribution in [2.45, 2.75) is 6.42 Å². The number of nitrogens with one attached hydrogen (secondary N) is 2. The van der Waals surface area contributed by atoms with Gasteiger partial charge in [-0.15, -0.1) is 0 Å². The number of carboxylic acids is 1. The van der Waals surface area contributed by atoms with Gasteiger partial charge >= 0.3 is 5.97 Å². The number of aromatic amines is 1. The molecule has 0 amide bonds. The Labute approximate surface area is 121 Å². The van der Waals surface area contributed by atoms with E-state index in [1.54, 1.807) is 6.07 Å². The summed E-state index contributed by atoms with van der Waals surface area (Å²) in [6.45, 7) is 3.78. The molecule has 6 heteroatoms. The first-order valence-corrected chi connectivity index (χ1v) is 6.97. The molecule has 1 fully saturated rings. The summed E-state index contributed by atoms with van der Waals surface area (Å²) < 4.78 is 0. The van der Waals surface area contributed by atoms with Crippen LogP contribution < -0.4 is 15.6 Å². The van der Waals surface area contributed by atoms with E-state index in [-0.39, 0.29) is 17.4 Å². The van der Waals surface area contributed by atoms with E-state index in [4.69, 9.17) is 5.11 Å². The molecule has 110 valence electrons. The molecule has 2 aromatic rings. The topological polar surface area (TPSA) is 85.4 Å². The summed E-state index contributed by atoms with van der Waals surface area (Å²) >= 11 is 0. The standard InChI is InChI=1S/C15H17N3O3/c19-14(20)7-10-9-17-13-8-11(1-2-12(13)15(10)21)18-5-3-16-4-6-18/h1-2,8-9,16H,3-7H2,(H,17,21)(H,19,20). The summed E-state index contributed by atoms with van der Waals surface area (Å²) in [5, 5.41) is 12.6. The number of carboxylic acid groups (broad SMARTS) is 1. The van der Waals surface area contributed by atoms with Crippen molar-refractivity contribution in [3.8, 4) is 0 Å². The van der Waals surface area contributed by atoms with E-state index < -0.39 is 5.97 Å². The zero-order valence-corrected chi connectivity index (χ0v) is 11.6. The Hall–Kier alpha value is -2.34. The molecule has 2 heterocycles. The van der Waals surface area contributed by atoms with Crippen LogP contribution in [0.5, 0.6) is 0 Å². The molecule has 3 rings (SSSR count). The normalized spacial score (nSPS) is 15.3. The number of anilines is 1. The lowest BCUT2D eigenvalue weighted by Gasteiger charge is -2.29. The second-order valence-corrected chi connectivity index (χ2v) is 5.18. The number of nitrogens with zero attached hydrogens (tertiary/aromatic N) is 1. The van der Waals surface area contributed by atoms with Gasteiger partial charge in [-0.3, -0.25) is 9.59 Å². The van der Waals surface area contributed by atoms with Crippen LogP contribution in [0.15, 0.2) is 29.2 Å². The van der Waals surface area contributed by atoms with Crippen LogP contribution in [-0.4, -0.2) is 42.2 Å². The minimum atomic E-state index is -1.00. The lowest BCUT2D eigenvalue weighted by molar-refractivity contribution is -0.136. The van der Waals surface area contributed by atoms with Crippen LogP contribution in [0.25, 0.3) is 10.9 Å². The number of rotatable bonds is 3. The van der Waals surface area contributed by atoms with E-state index in [1.807, 2.05) is 12.1 Å². The van der Waals surface area contributed by atoms with Crippen LogP contribution in [0.4, 0.5) is 5.69 Å². The Morgan fingerprint density at radius 3 is 2.76 bits per heavy atom. The number of aromatic nitrogens is 1. The minimum absolute atomic E-state index is 0.210. The van der Waals surface area contributed by atoms with Gasteiger partial charge in [0.15, 0.2) is 5.43 Å². The monoisotopic (exact) mass is 287 g/mol. The summed E-state index contributed by atoms with van der Waals surface area (Å²) in [6.07, 6.45) is 1.24. The molecule has 6 nitrogen and oxygen atoms in total. The molecule has 1 saturated heterocycles. The lowest BCUT2D eigenvalue weighted by atomic mass is 10.1. The summed E-state index contributed by atoms with van der Waals surface area (Å²) in [4.78, 5) is 28.3. The maximum atomic E-state index is 12.2. The maximum absolute atomic E-state index is 12.2. The Kier molecular flexibility index (Phi) is 3.62. The van der Waals surface area contributed by atoms with Crippen molar-refractivity contribution in [1.82, 2.24) is 10.3 Å². The Balaban J connectivity index is 1.99. The first-order valence-electron chi connectivity index (χ1n) is 6.97. The molecule has 1 aromatic heterocycles. The second-order valence-electron chi connectivity index (χ2n) is 5.18. The van der Waals surface area contributed by atoms with Gasteiger partial charge in [-0.05, 0) is 18.2 Å². The quantitative estimate of drug-likeness (QED) is 0.768. The average Bonchev–Trinajstić information content (AvgIpc) is 2.50. The van der Waals surface area contributed by atoms with Crippen molar-refractivity contribution in [3.05, 3.63) is 40.2 Å². The molecule has 3 N–H and O–H groups in total. The van der Waals surface area contributed by atoms with Crippen LogP contribution >= 0.6 is 0 Å². The predicted molar refractivity (Wildman–Crippen MR) is 81.0 cm³/mol. The highest BCUT2D eigenvalue weighted by Gasteiger charge is 2.13. The average molecular weight is 287 g/mol. The molecule has 0 radical (unpaired) electrons. The fourth-order valence-corrected chi connectivity index (χ4v) is 2.67. The van der Waals surface area contributed by atoms with E-state index in [1.165, 1.54) is 6.20 Å². The second kappa shape index (κ2) is 5.57. The van der Waals surface area contributed by atoms with Crippen LogP contribution in [0.1, 0.15) is 5.56 Å². The third kappa shape index (κ3) is 2.75. The number of fused-ring (bicyclic) bond motifs is 1. The number of piperazine rings is 1. The number of pyridine rings is 1. The molecule has 1 aliphatic heterocycles. The van der Waals surface area contributed by atoms with Crippen molar-refractivity contribution in [2.24, 2.45) is 0 Å². The zero-order chi connectivity index (χ0) is 14.8. The molecular formula is C15H17N3O3. The van der Waals surface area contributed by atoms with Gasteiger partial charge in [-0.25, -0.2) is 0 Å². The molecular weight excluding hydrogens is 270 g/mol. The van der Waals surface area contributed by atoms with Crippen molar-refractivity contribution in [1.29, 1.82) is 0 Å². The fraction of sp³-hybridized carbons (Fsp3) is 0.333. The summed E-state index contributed by atoms with van der Waals surface area (Å²) in [6, 6.07) is 5.65. The van der Waals surface area contributed by atoms with Gasteiger partial charge in [0, 0.05) is 49.0 Å². The van der Waals surface area contributed by atoms with Crippen LogP contribution in [0.2, 0.25) is 0 Å². The van der Waals surface area contributed by atoms with E-state index in [0.29, 0.717) is 5.39 Å². The minimum Gasteiger partial charge on any atom is -0.481 e. The van der Waals surface area contributed by atoms with E-state index in [0.717, 1.165) is 37.4 Å². The predicted octanol–water partition coefficient (Wildman–Crippen LogP) is 0.565. The number of carbonyl (C=O) groups is 1. The van der Waals surface area contributed by atoms with Crippen LogP contribution in [0, 0.1) is 0 Å². The molecule has 21 heavy (non-hydrogen) atoms. The zero-order valence-electron chi connectivity index (χ0n) is 11.6. The first kappa shape index (κ1) is 13.6. The molecule has 1 aromatic carbocycles. The number of H-pyrrole nitrogens is 1. The molecule has 0 atom stereocenters. The van der Waals surface area contributed by atoms with Gasteiger partial charge in [0.2, 0.25) is 0 Å². The number of aliphatic carboxylic acids is 1. The SMILES string of the molecule is O=C(O)Cc1c[nH]c2cc(N3CCNCC3)ccc2c1=O. The van der Waals surface area contributed by atoms with Gasteiger partial charge in [0.25, 0.3) is 0 Å². The van der Waals surface area contributed by atoms with E-state index in [9.17, 15) is 9.59 Å². The summed E-state index contributed by atoms with van der Waals surface area (Å²) in [5.74, 6) is -1.00. The van der Waals surface area contributed by atoms with Crippen molar-refractivity contribution < 1.29 is 9.90 Å².